The summed E-state index contributed by atoms with van der Waals surface area (Å²) in [6, 6.07) is 21.1. The normalized spacial score (nSPS) is 27.9. The number of pyridine rings is 2. The summed E-state index contributed by atoms with van der Waals surface area (Å²) in [5.41, 5.74) is 0.942. The first kappa shape index (κ1) is 33.8. The Morgan fingerprint density at radius 1 is 0.900 bits per heavy atom. The van der Waals surface area contributed by atoms with Crippen LogP contribution in [0.25, 0.3) is 0 Å². The quantitative estimate of drug-likeness (QED) is 0.313. The Bertz CT molecular complexity index is 1660. The van der Waals surface area contributed by atoms with E-state index in [2.05, 4.69) is 15.6 Å². The van der Waals surface area contributed by atoms with Crippen LogP contribution >= 0.6 is 0 Å². The van der Waals surface area contributed by atoms with Crippen LogP contribution in [0.4, 0.5) is 14.4 Å². The number of aromatic nitrogens is 2. The molecule has 2 aliphatic heterocycles. The van der Waals surface area contributed by atoms with Crippen LogP contribution in [0.5, 0.6) is 0 Å². The number of benzene rings is 1. The van der Waals surface area contributed by atoms with E-state index in [0.29, 0.717) is 32.0 Å². The minimum atomic E-state index is -0.790. The molecule has 7 rings (SSSR count). The molecule has 4 aliphatic rings. The Hall–Kier alpha value is -4.71. The third-order valence-corrected chi connectivity index (χ3v) is 11.0. The van der Waals surface area contributed by atoms with E-state index < -0.39 is 34.7 Å². The second-order valence-corrected chi connectivity index (χ2v) is 15.0. The van der Waals surface area contributed by atoms with Gasteiger partial charge in [-0.15, -0.1) is 5.06 Å². The van der Waals surface area contributed by atoms with E-state index in [0.717, 1.165) is 41.5 Å². The van der Waals surface area contributed by atoms with Crippen molar-refractivity contribution in [2.45, 2.75) is 56.7 Å². The Balaban J connectivity index is 1.06. The minimum Gasteiger partial charge on any atom is -0.445 e. The summed E-state index contributed by atoms with van der Waals surface area (Å²) in [4.78, 5) is 57.5. The van der Waals surface area contributed by atoms with Gasteiger partial charge in [0, 0.05) is 54.2 Å². The van der Waals surface area contributed by atoms with Gasteiger partial charge in [-0.05, 0) is 100 Å². The van der Waals surface area contributed by atoms with Gasteiger partial charge >= 0.3 is 18.3 Å². The lowest BCUT2D eigenvalue weighted by atomic mass is 9.95. The van der Waals surface area contributed by atoms with Gasteiger partial charge in [0.15, 0.2) is 0 Å². The molecule has 0 spiro atoms. The van der Waals surface area contributed by atoms with Crippen molar-refractivity contribution < 1.29 is 28.7 Å². The van der Waals surface area contributed by atoms with E-state index in [4.69, 9.17) is 19.3 Å². The lowest BCUT2D eigenvalue weighted by Gasteiger charge is -2.32. The number of piperidine rings is 2. The molecule has 2 aromatic heterocycles. The van der Waals surface area contributed by atoms with E-state index in [9.17, 15) is 14.4 Å². The average molecular weight is 683 g/mol. The molecule has 3 aromatic rings. The SMILES string of the molecule is CC(C)(C)OC(=O)N(CC1(c2ccccn2)C2CCNCC21)OC(=O)N1CCC2C(C1)C2(CNC(=O)OCc1ccccc1)c1ccccn1. The van der Waals surface area contributed by atoms with E-state index >= 15 is 0 Å². The van der Waals surface area contributed by atoms with Gasteiger partial charge in [0.2, 0.25) is 0 Å². The molecule has 6 unspecified atom stereocenters. The first-order valence-corrected chi connectivity index (χ1v) is 17.6. The van der Waals surface area contributed by atoms with Crippen LogP contribution in [0.3, 0.4) is 0 Å². The van der Waals surface area contributed by atoms with E-state index in [1.54, 1.807) is 38.1 Å². The fourth-order valence-corrected chi connectivity index (χ4v) is 8.58. The standard InChI is InChI=1S/C38H46N6O6/c1-36(2,3)49-35(47)44(25-38(32-14-8-10-18-41-32)27-15-19-39-21-29(27)38)50-34(46)43-20-16-28-30(22-43)37(28,31-13-7-9-17-40-31)24-42-33(45)48-23-26-11-5-4-6-12-26/h4-14,17-18,27-30,39H,15-16,19-25H2,1-3H3,(H,42,45). The van der Waals surface area contributed by atoms with Gasteiger partial charge in [-0.2, -0.15) is 0 Å². The number of carbonyl (C=O) groups is 3. The highest BCUT2D eigenvalue weighted by atomic mass is 16.8. The maximum absolute atomic E-state index is 14.0. The molecular weight excluding hydrogens is 636 g/mol. The number of hydroxylamine groups is 2. The smallest absolute Gasteiger partial charge is 0.443 e. The summed E-state index contributed by atoms with van der Waals surface area (Å²) in [5.74, 6) is 0.783. The van der Waals surface area contributed by atoms with Crippen LogP contribution in [-0.2, 0) is 31.7 Å². The molecule has 2 N–H and O–H groups in total. The molecule has 3 amide bonds. The second-order valence-electron chi connectivity index (χ2n) is 15.0. The summed E-state index contributed by atoms with van der Waals surface area (Å²) < 4.78 is 11.3. The topological polar surface area (TPSA) is 135 Å². The number of hydrogen-bond donors (Lipinski definition) is 2. The Morgan fingerprint density at radius 3 is 2.22 bits per heavy atom. The molecule has 2 saturated heterocycles. The minimum absolute atomic E-state index is 0.0281. The number of nitrogens with zero attached hydrogens (tertiary/aromatic N) is 4. The molecule has 2 aliphatic carbocycles. The molecule has 4 heterocycles. The predicted molar refractivity (Wildman–Crippen MR) is 184 cm³/mol. The van der Waals surface area contributed by atoms with Gasteiger partial charge in [-0.3, -0.25) is 9.97 Å². The highest BCUT2D eigenvalue weighted by molar-refractivity contribution is 5.73. The molecule has 6 atom stereocenters. The number of ether oxygens (including phenoxy) is 2. The van der Waals surface area contributed by atoms with Crippen LogP contribution in [0.1, 0.15) is 50.6 Å². The van der Waals surface area contributed by atoms with Crippen molar-refractivity contribution in [3.63, 3.8) is 0 Å². The van der Waals surface area contributed by atoms with E-state index in [1.807, 2.05) is 66.7 Å². The number of amides is 3. The van der Waals surface area contributed by atoms with Crippen LogP contribution in [-0.4, -0.2) is 83.1 Å². The Kier molecular flexibility index (Phi) is 9.15. The molecular formula is C38H46N6O6. The number of hydrogen-bond acceptors (Lipinski definition) is 9. The maximum atomic E-state index is 14.0. The summed E-state index contributed by atoms with van der Waals surface area (Å²) >= 11 is 0. The van der Waals surface area contributed by atoms with Gasteiger partial charge in [0.1, 0.15) is 12.2 Å². The van der Waals surface area contributed by atoms with Crippen molar-refractivity contribution in [1.82, 2.24) is 30.6 Å². The van der Waals surface area contributed by atoms with Gasteiger partial charge in [0.25, 0.3) is 0 Å². The van der Waals surface area contributed by atoms with Crippen molar-refractivity contribution >= 4 is 18.3 Å². The lowest BCUT2D eigenvalue weighted by molar-refractivity contribution is -0.116. The van der Waals surface area contributed by atoms with E-state index in [1.165, 1.54) is 0 Å². The monoisotopic (exact) mass is 682 g/mol. The van der Waals surface area contributed by atoms with Crippen LogP contribution < -0.4 is 10.6 Å². The Morgan fingerprint density at radius 2 is 1.58 bits per heavy atom. The second kappa shape index (κ2) is 13.5. The number of nitrogens with one attached hydrogen (secondary N) is 2. The molecule has 2 saturated carbocycles. The zero-order chi connectivity index (χ0) is 34.9. The third kappa shape index (κ3) is 6.60. The van der Waals surface area contributed by atoms with Crippen LogP contribution in [0.15, 0.2) is 79.1 Å². The number of likely N-dealkylation sites (tertiary alicyclic amines) is 1. The number of carbonyl (C=O) groups excluding carboxylic acids is 3. The van der Waals surface area contributed by atoms with Gasteiger partial charge in [-0.25, -0.2) is 14.4 Å². The first-order chi connectivity index (χ1) is 24.1. The number of alkyl carbamates (subject to hydrolysis) is 1. The van der Waals surface area contributed by atoms with Crippen LogP contribution in [0, 0.1) is 23.7 Å². The molecule has 0 bridgehead atoms. The van der Waals surface area contributed by atoms with Crippen molar-refractivity contribution in [3.05, 3.63) is 96.1 Å². The molecule has 12 nitrogen and oxygen atoms in total. The number of rotatable bonds is 8. The van der Waals surface area contributed by atoms with E-state index in [-0.39, 0.29) is 30.9 Å². The predicted octanol–water partition coefficient (Wildman–Crippen LogP) is 5.06. The molecule has 4 fully saturated rings. The fraction of sp³-hybridized carbons (Fsp3) is 0.500. The molecule has 1 aromatic carbocycles. The zero-order valence-corrected chi connectivity index (χ0v) is 28.9. The highest BCUT2D eigenvalue weighted by Crippen LogP contribution is 2.63. The highest BCUT2D eigenvalue weighted by Gasteiger charge is 2.69. The maximum Gasteiger partial charge on any atom is 0.443 e. The van der Waals surface area contributed by atoms with Gasteiger partial charge < -0.3 is 29.8 Å². The van der Waals surface area contributed by atoms with Crippen molar-refractivity contribution in [2.75, 3.05) is 39.3 Å². The summed E-state index contributed by atoms with van der Waals surface area (Å²) in [6.07, 6.45) is 3.33. The Labute approximate surface area is 292 Å². The van der Waals surface area contributed by atoms with Gasteiger partial charge in [-0.1, -0.05) is 42.5 Å². The number of fused-ring (bicyclic) bond motifs is 2. The van der Waals surface area contributed by atoms with Crippen molar-refractivity contribution in [1.29, 1.82) is 0 Å². The third-order valence-electron chi connectivity index (χ3n) is 11.0. The molecule has 0 radical (unpaired) electrons. The van der Waals surface area contributed by atoms with Crippen molar-refractivity contribution in [2.24, 2.45) is 23.7 Å². The fourth-order valence-electron chi connectivity index (χ4n) is 8.58. The lowest BCUT2D eigenvalue weighted by Crippen LogP contribution is -2.47. The average Bonchev–Trinajstić information content (AvgIpc) is 4.00. The summed E-state index contributed by atoms with van der Waals surface area (Å²) in [7, 11) is 0. The molecule has 264 valence electrons. The first-order valence-electron chi connectivity index (χ1n) is 17.6. The molecule has 50 heavy (non-hydrogen) atoms. The van der Waals surface area contributed by atoms with Crippen molar-refractivity contribution in [3.8, 4) is 0 Å². The summed E-state index contributed by atoms with van der Waals surface area (Å²) in [5, 5.41) is 7.58. The van der Waals surface area contributed by atoms with Crippen LogP contribution in [0.2, 0.25) is 0 Å². The largest absolute Gasteiger partial charge is 0.445 e. The zero-order valence-electron chi connectivity index (χ0n) is 28.9. The summed E-state index contributed by atoms with van der Waals surface area (Å²) in [6.45, 7) is 8.54. The van der Waals surface area contributed by atoms with Gasteiger partial charge in [0.05, 0.1) is 6.54 Å². The molecule has 12 heteroatoms.